The van der Waals surface area contributed by atoms with E-state index in [9.17, 15) is 15.3 Å². The minimum Gasteiger partial charge on any atom is -0.389 e. The van der Waals surface area contributed by atoms with Gasteiger partial charge in [0.15, 0.2) is 0 Å². The Morgan fingerprint density at radius 3 is 1.54 bits per heavy atom. The second kappa shape index (κ2) is 3.43. The maximum atomic E-state index is 9.55. The Hall–Kier alpha value is 0.800. The highest BCUT2D eigenvalue weighted by Crippen LogP contribution is 2.42. The lowest BCUT2D eigenvalue weighted by Crippen LogP contribution is -2.45. The number of epoxide rings is 1. The van der Waals surface area contributed by atoms with Crippen LogP contribution in [0.5, 0.6) is 0 Å². The molecule has 0 aromatic rings. The predicted molar refractivity (Wildman–Crippen MR) is 52.1 cm³/mol. The van der Waals surface area contributed by atoms with Crippen molar-refractivity contribution >= 4 is 31.9 Å². The number of hydrogen-bond acceptors (Lipinski definition) is 4. The van der Waals surface area contributed by atoms with Gasteiger partial charge in [0.1, 0.15) is 18.3 Å². The molecule has 1 aliphatic carbocycles. The molecule has 0 aromatic carbocycles. The van der Waals surface area contributed by atoms with Crippen LogP contribution in [-0.2, 0) is 4.74 Å². The standard InChI is InChI=1S/C7H10Br2O4/c8-1-3(10)5(12)4(11)2(9)7-6(1)13-7/h1-7,10-12H/t1-,2+,3-,4+,5?,6+,7-. The van der Waals surface area contributed by atoms with Gasteiger partial charge in [-0.2, -0.15) is 0 Å². The Kier molecular flexibility index (Phi) is 2.72. The third-order valence-electron chi connectivity index (χ3n) is 2.54. The molecule has 2 fully saturated rings. The third kappa shape index (κ3) is 1.57. The third-order valence-corrected chi connectivity index (χ3v) is 4.67. The van der Waals surface area contributed by atoms with Crippen LogP contribution in [0.25, 0.3) is 0 Å². The van der Waals surface area contributed by atoms with Crippen LogP contribution in [0.3, 0.4) is 0 Å². The fourth-order valence-corrected chi connectivity index (χ4v) is 3.09. The molecule has 13 heavy (non-hydrogen) atoms. The van der Waals surface area contributed by atoms with E-state index in [4.69, 9.17) is 4.74 Å². The molecule has 0 aromatic heterocycles. The minimum atomic E-state index is -1.13. The van der Waals surface area contributed by atoms with Crippen molar-refractivity contribution in [2.24, 2.45) is 0 Å². The molecule has 0 spiro atoms. The Morgan fingerprint density at radius 1 is 0.769 bits per heavy atom. The topological polar surface area (TPSA) is 73.2 Å². The van der Waals surface area contributed by atoms with Crippen LogP contribution in [0.2, 0.25) is 0 Å². The molecule has 4 nitrogen and oxygen atoms in total. The molecule has 7 atom stereocenters. The lowest BCUT2D eigenvalue weighted by molar-refractivity contribution is -0.0596. The molecule has 0 bridgehead atoms. The number of alkyl halides is 2. The monoisotopic (exact) mass is 316 g/mol. The summed E-state index contributed by atoms with van der Waals surface area (Å²) in [5.41, 5.74) is 0. The minimum absolute atomic E-state index is 0.119. The average Bonchev–Trinajstić information content (AvgIpc) is 2.90. The summed E-state index contributed by atoms with van der Waals surface area (Å²) in [5.74, 6) is 0. The molecule has 2 aliphatic rings. The van der Waals surface area contributed by atoms with Crippen LogP contribution in [0.1, 0.15) is 0 Å². The van der Waals surface area contributed by atoms with E-state index in [1.807, 2.05) is 0 Å². The lowest BCUT2D eigenvalue weighted by Gasteiger charge is -2.25. The first-order valence-corrected chi connectivity index (χ1v) is 5.85. The van der Waals surface area contributed by atoms with Crippen molar-refractivity contribution in [3.63, 3.8) is 0 Å². The summed E-state index contributed by atoms with van der Waals surface area (Å²) >= 11 is 6.48. The molecule has 1 unspecified atom stereocenters. The second-order valence-electron chi connectivity index (χ2n) is 3.43. The van der Waals surface area contributed by atoms with E-state index < -0.39 is 18.3 Å². The lowest BCUT2D eigenvalue weighted by atomic mass is 10.1. The molecule has 1 aliphatic heterocycles. The first kappa shape index (κ1) is 10.3. The second-order valence-corrected chi connectivity index (χ2v) is 5.54. The number of fused-ring (bicyclic) bond motifs is 1. The van der Waals surface area contributed by atoms with Gasteiger partial charge in [-0.05, 0) is 0 Å². The highest BCUT2D eigenvalue weighted by molar-refractivity contribution is 9.10. The van der Waals surface area contributed by atoms with Gasteiger partial charge >= 0.3 is 0 Å². The van der Waals surface area contributed by atoms with Crippen LogP contribution in [0.4, 0.5) is 0 Å². The number of hydrogen-bond donors (Lipinski definition) is 3. The normalized spacial score (nSPS) is 61.2. The predicted octanol–water partition coefficient (Wildman–Crippen LogP) is -0.623. The van der Waals surface area contributed by atoms with Gasteiger partial charge in [0.25, 0.3) is 0 Å². The summed E-state index contributed by atoms with van der Waals surface area (Å²) in [6.45, 7) is 0. The number of aliphatic hydroxyl groups excluding tert-OH is 3. The van der Waals surface area contributed by atoms with E-state index >= 15 is 0 Å². The molecule has 2 rings (SSSR count). The molecule has 1 heterocycles. The summed E-state index contributed by atoms with van der Waals surface area (Å²) in [6.07, 6.45) is -3.36. The van der Waals surface area contributed by atoms with Crippen molar-refractivity contribution in [3.05, 3.63) is 0 Å². The smallest absolute Gasteiger partial charge is 0.108 e. The van der Waals surface area contributed by atoms with Gasteiger partial charge in [-0.15, -0.1) is 0 Å². The van der Waals surface area contributed by atoms with E-state index in [0.29, 0.717) is 0 Å². The molecule has 1 saturated heterocycles. The van der Waals surface area contributed by atoms with Crippen LogP contribution in [-0.4, -0.2) is 55.5 Å². The van der Waals surface area contributed by atoms with E-state index in [2.05, 4.69) is 31.9 Å². The SMILES string of the molecule is OC1[C@@H](O)[C@H](Br)[C@H]2O[C@H]2[C@H](Br)[C@H]1O. The molecule has 76 valence electrons. The zero-order chi connectivity index (χ0) is 9.75. The zero-order valence-electron chi connectivity index (χ0n) is 6.55. The van der Waals surface area contributed by atoms with Gasteiger partial charge in [-0.1, -0.05) is 31.9 Å². The summed E-state index contributed by atoms with van der Waals surface area (Å²) in [7, 11) is 0. The first-order chi connectivity index (χ1) is 6.04. The van der Waals surface area contributed by atoms with Crippen molar-refractivity contribution in [1.29, 1.82) is 0 Å². The molecular formula is C7H10Br2O4. The van der Waals surface area contributed by atoms with Gasteiger partial charge in [0.05, 0.1) is 21.9 Å². The fraction of sp³-hybridized carbons (Fsp3) is 1.00. The van der Waals surface area contributed by atoms with E-state index in [1.54, 1.807) is 0 Å². The zero-order valence-corrected chi connectivity index (χ0v) is 9.72. The number of ether oxygens (including phenoxy) is 1. The molecule has 3 N–H and O–H groups in total. The summed E-state index contributed by atoms with van der Waals surface area (Å²) < 4.78 is 5.25. The highest BCUT2D eigenvalue weighted by Gasteiger charge is 2.57. The quantitative estimate of drug-likeness (QED) is 0.411. The maximum absolute atomic E-state index is 9.55. The Balaban J connectivity index is 2.19. The van der Waals surface area contributed by atoms with Gasteiger partial charge < -0.3 is 20.1 Å². The fourth-order valence-electron chi connectivity index (χ4n) is 1.62. The summed E-state index contributed by atoms with van der Waals surface area (Å²) in [4.78, 5) is -0.630. The van der Waals surface area contributed by atoms with Crippen LogP contribution in [0, 0.1) is 0 Å². The Morgan fingerprint density at radius 2 is 1.15 bits per heavy atom. The van der Waals surface area contributed by atoms with Gasteiger partial charge in [0, 0.05) is 0 Å². The molecular weight excluding hydrogens is 308 g/mol. The number of aliphatic hydroxyl groups is 3. The molecule has 6 heteroatoms. The Labute approximate surface area is 92.1 Å². The van der Waals surface area contributed by atoms with Crippen molar-refractivity contribution in [3.8, 4) is 0 Å². The van der Waals surface area contributed by atoms with Gasteiger partial charge in [0.2, 0.25) is 0 Å². The number of rotatable bonds is 0. The summed E-state index contributed by atoms with van der Waals surface area (Å²) in [5, 5.41) is 28.6. The van der Waals surface area contributed by atoms with Crippen molar-refractivity contribution in [2.75, 3.05) is 0 Å². The van der Waals surface area contributed by atoms with E-state index in [-0.39, 0.29) is 21.9 Å². The Bertz CT molecular complexity index is 191. The molecule has 0 radical (unpaired) electrons. The maximum Gasteiger partial charge on any atom is 0.108 e. The van der Waals surface area contributed by atoms with Crippen LogP contribution >= 0.6 is 31.9 Å². The highest BCUT2D eigenvalue weighted by atomic mass is 79.9. The van der Waals surface area contributed by atoms with Crippen molar-refractivity contribution in [2.45, 2.75) is 40.2 Å². The van der Waals surface area contributed by atoms with E-state index in [1.165, 1.54) is 0 Å². The van der Waals surface area contributed by atoms with E-state index in [0.717, 1.165) is 0 Å². The average molecular weight is 318 g/mol. The van der Waals surface area contributed by atoms with Crippen molar-refractivity contribution < 1.29 is 20.1 Å². The van der Waals surface area contributed by atoms with Crippen LogP contribution in [0.15, 0.2) is 0 Å². The molecule has 1 saturated carbocycles. The summed E-state index contributed by atoms with van der Waals surface area (Å²) in [6, 6.07) is 0. The largest absolute Gasteiger partial charge is 0.389 e. The number of halogens is 2. The molecule has 0 amide bonds. The van der Waals surface area contributed by atoms with Crippen LogP contribution < -0.4 is 0 Å². The first-order valence-electron chi connectivity index (χ1n) is 4.02. The van der Waals surface area contributed by atoms with Gasteiger partial charge in [-0.25, -0.2) is 0 Å². The van der Waals surface area contributed by atoms with Gasteiger partial charge in [-0.3, -0.25) is 0 Å². The van der Waals surface area contributed by atoms with Crippen molar-refractivity contribution in [1.82, 2.24) is 0 Å².